The van der Waals surface area contributed by atoms with E-state index in [1.165, 1.54) is 11.1 Å². The van der Waals surface area contributed by atoms with Crippen LogP contribution < -0.4 is 10.1 Å². The monoisotopic (exact) mass is 278 g/mol. The Balaban J connectivity index is 2.07. The number of pyridine rings is 1. The van der Waals surface area contributed by atoms with Crippen molar-refractivity contribution in [3.05, 3.63) is 60.3 Å². The number of hydrogen-bond donors (Lipinski definition) is 1. The zero-order chi connectivity index (χ0) is 14.7. The number of nitrogens with one attached hydrogen (secondary N) is 1. The van der Waals surface area contributed by atoms with Crippen LogP contribution in [0.4, 0.5) is 0 Å². The summed E-state index contributed by atoms with van der Waals surface area (Å²) in [6.07, 6.45) is 1.82. The van der Waals surface area contributed by atoms with Crippen LogP contribution in [-0.2, 0) is 6.54 Å². The topological polar surface area (TPSA) is 34.2 Å². The minimum atomic E-state index is 0.784. The van der Waals surface area contributed by atoms with Crippen molar-refractivity contribution in [1.82, 2.24) is 10.3 Å². The van der Waals surface area contributed by atoms with E-state index in [1.807, 2.05) is 25.4 Å². The molecule has 2 aromatic carbocycles. The lowest BCUT2D eigenvalue weighted by molar-refractivity contribution is 0.408. The number of nitrogens with zero attached hydrogens (tertiary/aromatic N) is 1. The van der Waals surface area contributed by atoms with Gasteiger partial charge in [0.2, 0.25) is 0 Å². The average Bonchev–Trinajstić information content (AvgIpc) is 2.54. The van der Waals surface area contributed by atoms with Crippen LogP contribution in [-0.4, -0.2) is 19.1 Å². The van der Waals surface area contributed by atoms with Gasteiger partial charge < -0.3 is 10.1 Å². The van der Waals surface area contributed by atoms with Gasteiger partial charge in [-0.25, -0.2) is 0 Å². The third-order valence-electron chi connectivity index (χ3n) is 3.58. The second-order valence-corrected chi connectivity index (χ2v) is 4.97. The van der Waals surface area contributed by atoms with Gasteiger partial charge in [-0.05, 0) is 48.5 Å². The Bertz CT molecular complexity index is 768. The van der Waals surface area contributed by atoms with E-state index in [0.29, 0.717) is 0 Å². The summed E-state index contributed by atoms with van der Waals surface area (Å²) >= 11 is 0. The quantitative estimate of drug-likeness (QED) is 0.791. The molecule has 0 saturated carbocycles. The third-order valence-corrected chi connectivity index (χ3v) is 3.58. The SMILES string of the molecule is CNCc1cc(-c2ccc3ncccc3c2)ccc1OC. The highest BCUT2D eigenvalue weighted by molar-refractivity contribution is 5.84. The summed E-state index contributed by atoms with van der Waals surface area (Å²) in [5.74, 6) is 0.913. The molecule has 1 N–H and O–H groups in total. The van der Waals surface area contributed by atoms with Gasteiger partial charge in [0, 0.05) is 23.7 Å². The normalized spacial score (nSPS) is 10.8. The minimum absolute atomic E-state index is 0.784. The molecule has 0 amide bonds. The molecule has 0 unspecified atom stereocenters. The Morgan fingerprint density at radius 1 is 1.05 bits per heavy atom. The van der Waals surface area contributed by atoms with Crippen molar-refractivity contribution in [2.45, 2.75) is 6.54 Å². The Morgan fingerprint density at radius 2 is 1.86 bits per heavy atom. The number of aromatic nitrogens is 1. The fourth-order valence-corrected chi connectivity index (χ4v) is 2.54. The molecule has 0 fully saturated rings. The molecule has 1 aromatic heterocycles. The molecule has 106 valence electrons. The van der Waals surface area contributed by atoms with Gasteiger partial charge in [0.25, 0.3) is 0 Å². The van der Waals surface area contributed by atoms with E-state index in [1.54, 1.807) is 7.11 Å². The van der Waals surface area contributed by atoms with Gasteiger partial charge in [0.15, 0.2) is 0 Å². The number of hydrogen-bond acceptors (Lipinski definition) is 3. The van der Waals surface area contributed by atoms with Crippen molar-refractivity contribution < 1.29 is 4.74 Å². The number of methoxy groups -OCH3 is 1. The van der Waals surface area contributed by atoms with Crippen LogP contribution in [0, 0.1) is 0 Å². The molecule has 21 heavy (non-hydrogen) atoms. The molecule has 0 atom stereocenters. The first-order valence-electron chi connectivity index (χ1n) is 6.98. The van der Waals surface area contributed by atoms with Crippen LogP contribution in [0.25, 0.3) is 22.0 Å². The van der Waals surface area contributed by atoms with Crippen molar-refractivity contribution in [3.63, 3.8) is 0 Å². The number of fused-ring (bicyclic) bond motifs is 1. The first-order valence-corrected chi connectivity index (χ1v) is 6.98. The smallest absolute Gasteiger partial charge is 0.123 e. The molecule has 3 aromatic rings. The molecule has 0 aliphatic heterocycles. The molecule has 0 saturated heterocycles. The summed E-state index contributed by atoms with van der Waals surface area (Å²) in [4.78, 5) is 4.36. The Kier molecular flexibility index (Phi) is 3.84. The lowest BCUT2D eigenvalue weighted by atomic mass is 10.0. The van der Waals surface area contributed by atoms with Gasteiger partial charge >= 0.3 is 0 Å². The molecule has 3 nitrogen and oxygen atoms in total. The van der Waals surface area contributed by atoms with Crippen molar-refractivity contribution >= 4 is 10.9 Å². The van der Waals surface area contributed by atoms with Gasteiger partial charge in [-0.15, -0.1) is 0 Å². The maximum absolute atomic E-state index is 5.41. The molecule has 3 heteroatoms. The Labute approximate surface area is 124 Å². The molecule has 0 bridgehead atoms. The third kappa shape index (κ3) is 2.73. The summed E-state index contributed by atoms with van der Waals surface area (Å²) < 4.78 is 5.41. The number of benzene rings is 2. The molecule has 0 aliphatic rings. The zero-order valence-electron chi connectivity index (χ0n) is 12.3. The molecular weight excluding hydrogens is 260 g/mol. The van der Waals surface area contributed by atoms with Crippen molar-refractivity contribution in [3.8, 4) is 16.9 Å². The Morgan fingerprint density at radius 3 is 2.67 bits per heavy atom. The molecule has 0 spiro atoms. The second kappa shape index (κ2) is 5.94. The highest BCUT2D eigenvalue weighted by Crippen LogP contribution is 2.28. The van der Waals surface area contributed by atoms with E-state index in [9.17, 15) is 0 Å². The van der Waals surface area contributed by atoms with Gasteiger partial charge in [0.05, 0.1) is 12.6 Å². The number of rotatable bonds is 4. The van der Waals surface area contributed by atoms with E-state index in [-0.39, 0.29) is 0 Å². The molecule has 3 rings (SSSR count). The predicted molar refractivity (Wildman–Crippen MR) is 86.5 cm³/mol. The molecule has 1 heterocycles. The maximum atomic E-state index is 5.41. The van der Waals surface area contributed by atoms with E-state index in [2.05, 4.69) is 46.7 Å². The van der Waals surface area contributed by atoms with Crippen LogP contribution in [0.1, 0.15) is 5.56 Å². The highest BCUT2D eigenvalue weighted by Gasteiger charge is 2.06. The first kappa shape index (κ1) is 13.6. The van der Waals surface area contributed by atoms with E-state index in [4.69, 9.17) is 4.74 Å². The van der Waals surface area contributed by atoms with Crippen LogP contribution in [0.15, 0.2) is 54.7 Å². The zero-order valence-corrected chi connectivity index (χ0v) is 12.3. The van der Waals surface area contributed by atoms with Crippen molar-refractivity contribution in [2.75, 3.05) is 14.2 Å². The summed E-state index contributed by atoms with van der Waals surface area (Å²) in [7, 11) is 3.64. The van der Waals surface area contributed by atoms with Crippen LogP contribution in [0.2, 0.25) is 0 Å². The summed E-state index contributed by atoms with van der Waals surface area (Å²) in [6, 6.07) is 16.7. The largest absolute Gasteiger partial charge is 0.496 e. The molecule has 0 aliphatic carbocycles. The van der Waals surface area contributed by atoms with Gasteiger partial charge in [-0.1, -0.05) is 18.2 Å². The summed E-state index contributed by atoms with van der Waals surface area (Å²) in [5, 5.41) is 4.33. The highest BCUT2D eigenvalue weighted by atomic mass is 16.5. The van der Waals surface area contributed by atoms with Crippen LogP contribution >= 0.6 is 0 Å². The van der Waals surface area contributed by atoms with Gasteiger partial charge in [-0.3, -0.25) is 4.98 Å². The molecule has 0 radical (unpaired) electrons. The fourth-order valence-electron chi connectivity index (χ4n) is 2.54. The lowest BCUT2D eigenvalue weighted by Gasteiger charge is -2.11. The van der Waals surface area contributed by atoms with Crippen molar-refractivity contribution in [1.29, 1.82) is 0 Å². The standard InChI is InChI=1S/C18H18N2O/c1-19-12-16-11-14(6-8-18(16)21-2)13-5-7-17-15(10-13)4-3-9-20-17/h3-11,19H,12H2,1-2H3. The Hall–Kier alpha value is -2.39. The predicted octanol–water partition coefficient (Wildman–Crippen LogP) is 3.63. The van der Waals surface area contributed by atoms with Gasteiger partial charge in [0.1, 0.15) is 5.75 Å². The van der Waals surface area contributed by atoms with E-state index in [0.717, 1.165) is 28.8 Å². The first-order chi connectivity index (χ1) is 10.3. The van der Waals surface area contributed by atoms with Crippen molar-refractivity contribution in [2.24, 2.45) is 0 Å². The average molecular weight is 278 g/mol. The molecular formula is C18H18N2O. The van der Waals surface area contributed by atoms with Crippen LogP contribution in [0.5, 0.6) is 5.75 Å². The summed E-state index contributed by atoms with van der Waals surface area (Å²) in [6.45, 7) is 0.784. The van der Waals surface area contributed by atoms with E-state index < -0.39 is 0 Å². The van der Waals surface area contributed by atoms with Crippen LogP contribution in [0.3, 0.4) is 0 Å². The lowest BCUT2D eigenvalue weighted by Crippen LogP contribution is -2.06. The maximum Gasteiger partial charge on any atom is 0.123 e. The minimum Gasteiger partial charge on any atom is -0.496 e. The number of ether oxygens (including phenoxy) is 1. The second-order valence-electron chi connectivity index (χ2n) is 4.97. The fraction of sp³-hybridized carbons (Fsp3) is 0.167. The summed E-state index contributed by atoms with van der Waals surface area (Å²) in [5.41, 5.74) is 4.55. The van der Waals surface area contributed by atoms with Gasteiger partial charge in [-0.2, -0.15) is 0 Å². The van der Waals surface area contributed by atoms with E-state index >= 15 is 0 Å².